The average molecular weight is 260 g/mol. The Hall–Kier alpha value is -2.03. The van der Waals surface area contributed by atoms with Crippen molar-refractivity contribution >= 4 is 0 Å². The lowest BCUT2D eigenvalue weighted by atomic mass is 10.2. The van der Waals surface area contributed by atoms with Gasteiger partial charge in [0.25, 0.3) is 0 Å². The predicted molar refractivity (Wildman–Crippen MR) is 73.1 cm³/mol. The highest BCUT2D eigenvalue weighted by atomic mass is 19.1. The first-order valence-electron chi connectivity index (χ1n) is 6.27. The number of hydrogen-bond acceptors (Lipinski definition) is 2. The van der Waals surface area contributed by atoms with E-state index >= 15 is 0 Å². The highest BCUT2D eigenvalue weighted by molar-refractivity contribution is 5.32. The molecule has 0 fully saturated rings. The summed E-state index contributed by atoms with van der Waals surface area (Å²) in [5.41, 5.74) is 1.74. The molecular weight excluding hydrogens is 243 g/mol. The average Bonchev–Trinajstić information content (AvgIpc) is 2.47. The summed E-state index contributed by atoms with van der Waals surface area (Å²) in [5.74, 6) is 0.608. The van der Waals surface area contributed by atoms with Crippen LogP contribution in [-0.2, 0) is 13.0 Å². The minimum atomic E-state index is -0.366. The van der Waals surface area contributed by atoms with Crippen LogP contribution in [0.3, 0.4) is 0 Å². The van der Waals surface area contributed by atoms with Crippen LogP contribution in [0.25, 0.3) is 0 Å². The van der Waals surface area contributed by atoms with Crippen molar-refractivity contribution in [2.75, 3.05) is 7.11 Å². The molecule has 100 valence electrons. The number of aryl methyl sites for hydroxylation is 1. The SMILES string of the molecule is CCc1ccc(OCc2cccc(OC)c2F)cc1. The Morgan fingerprint density at radius 2 is 1.79 bits per heavy atom. The van der Waals surface area contributed by atoms with Gasteiger partial charge in [-0.2, -0.15) is 0 Å². The van der Waals surface area contributed by atoms with E-state index in [1.54, 1.807) is 18.2 Å². The van der Waals surface area contributed by atoms with E-state index in [4.69, 9.17) is 9.47 Å². The highest BCUT2D eigenvalue weighted by Gasteiger charge is 2.08. The van der Waals surface area contributed by atoms with E-state index in [0.717, 1.165) is 12.2 Å². The standard InChI is InChI=1S/C16H17FO2/c1-3-12-7-9-14(10-8-12)19-11-13-5-4-6-15(18-2)16(13)17/h4-10H,3,11H2,1-2H3. The Morgan fingerprint density at radius 1 is 1.05 bits per heavy atom. The van der Waals surface area contributed by atoms with Gasteiger partial charge < -0.3 is 9.47 Å². The molecule has 2 aromatic rings. The first-order chi connectivity index (χ1) is 9.24. The Bertz CT molecular complexity index is 535. The third kappa shape index (κ3) is 3.25. The fraction of sp³-hybridized carbons (Fsp3) is 0.250. The van der Waals surface area contributed by atoms with Crippen LogP contribution >= 0.6 is 0 Å². The molecule has 0 saturated heterocycles. The molecule has 2 nitrogen and oxygen atoms in total. The van der Waals surface area contributed by atoms with Gasteiger partial charge in [0.1, 0.15) is 12.4 Å². The van der Waals surface area contributed by atoms with Crippen LogP contribution in [0.1, 0.15) is 18.1 Å². The van der Waals surface area contributed by atoms with Gasteiger partial charge in [-0.1, -0.05) is 31.2 Å². The van der Waals surface area contributed by atoms with Gasteiger partial charge in [-0.3, -0.25) is 0 Å². The second-order valence-electron chi connectivity index (χ2n) is 4.22. The van der Waals surface area contributed by atoms with E-state index in [1.165, 1.54) is 12.7 Å². The van der Waals surface area contributed by atoms with Crippen LogP contribution in [-0.4, -0.2) is 7.11 Å². The summed E-state index contributed by atoms with van der Waals surface area (Å²) in [4.78, 5) is 0. The molecule has 0 aliphatic carbocycles. The van der Waals surface area contributed by atoms with E-state index in [0.29, 0.717) is 5.56 Å². The lowest BCUT2D eigenvalue weighted by molar-refractivity contribution is 0.295. The molecule has 2 aromatic carbocycles. The van der Waals surface area contributed by atoms with Crippen molar-refractivity contribution in [3.63, 3.8) is 0 Å². The molecule has 0 amide bonds. The van der Waals surface area contributed by atoms with Gasteiger partial charge in [-0.15, -0.1) is 0 Å². The summed E-state index contributed by atoms with van der Waals surface area (Å²) >= 11 is 0. The van der Waals surface area contributed by atoms with E-state index < -0.39 is 0 Å². The van der Waals surface area contributed by atoms with Gasteiger partial charge in [0.2, 0.25) is 0 Å². The number of methoxy groups -OCH3 is 1. The molecule has 0 aliphatic heterocycles. The van der Waals surface area contributed by atoms with Crippen LogP contribution in [0.4, 0.5) is 4.39 Å². The Kier molecular flexibility index (Phi) is 4.39. The number of halogens is 1. The van der Waals surface area contributed by atoms with E-state index in [9.17, 15) is 4.39 Å². The van der Waals surface area contributed by atoms with Crippen LogP contribution in [0, 0.1) is 5.82 Å². The maximum atomic E-state index is 13.9. The summed E-state index contributed by atoms with van der Waals surface area (Å²) in [6, 6.07) is 12.9. The molecule has 2 rings (SSSR count). The van der Waals surface area contributed by atoms with Crippen molar-refractivity contribution in [1.82, 2.24) is 0 Å². The third-order valence-corrected chi connectivity index (χ3v) is 2.99. The molecule has 0 atom stereocenters. The van der Waals surface area contributed by atoms with Crippen molar-refractivity contribution < 1.29 is 13.9 Å². The molecule has 0 unspecified atom stereocenters. The second-order valence-corrected chi connectivity index (χ2v) is 4.22. The smallest absolute Gasteiger partial charge is 0.171 e. The molecule has 0 saturated carbocycles. The minimum absolute atomic E-state index is 0.189. The van der Waals surface area contributed by atoms with Crippen molar-refractivity contribution in [2.24, 2.45) is 0 Å². The van der Waals surface area contributed by atoms with Crippen molar-refractivity contribution in [3.05, 3.63) is 59.4 Å². The van der Waals surface area contributed by atoms with Gasteiger partial charge in [-0.25, -0.2) is 4.39 Å². The monoisotopic (exact) mass is 260 g/mol. The number of benzene rings is 2. The fourth-order valence-electron chi connectivity index (χ4n) is 1.81. The van der Waals surface area contributed by atoms with Crippen molar-refractivity contribution in [2.45, 2.75) is 20.0 Å². The first kappa shape index (κ1) is 13.4. The molecule has 0 aliphatic rings. The maximum Gasteiger partial charge on any atom is 0.171 e. The number of hydrogen-bond donors (Lipinski definition) is 0. The zero-order chi connectivity index (χ0) is 13.7. The predicted octanol–water partition coefficient (Wildman–Crippen LogP) is 3.98. The lowest BCUT2D eigenvalue weighted by Gasteiger charge is -2.09. The zero-order valence-electron chi connectivity index (χ0n) is 11.2. The summed E-state index contributed by atoms with van der Waals surface area (Å²) in [6.45, 7) is 2.29. The summed E-state index contributed by atoms with van der Waals surface area (Å²) in [5, 5.41) is 0. The van der Waals surface area contributed by atoms with Gasteiger partial charge in [-0.05, 0) is 30.2 Å². The summed E-state index contributed by atoms with van der Waals surface area (Å²) < 4.78 is 24.4. The van der Waals surface area contributed by atoms with Crippen LogP contribution < -0.4 is 9.47 Å². The molecule has 0 bridgehead atoms. The van der Waals surface area contributed by atoms with Crippen LogP contribution in [0.2, 0.25) is 0 Å². The van der Waals surface area contributed by atoms with Gasteiger partial charge >= 0.3 is 0 Å². The fourth-order valence-corrected chi connectivity index (χ4v) is 1.81. The molecule has 0 heterocycles. The maximum absolute atomic E-state index is 13.9. The number of rotatable bonds is 5. The van der Waals surface area contributed by atoms with Crippen molar-refractivity contribution in [1.29, 1.82) is 0 Å². The molecule has 0 radical (unpaired) electrons. The molecule has 0 N–H and O–H groups in total. The van der Waals surface area contributed by atoms with E-state index in [2.05, 4.69) is 6.92 Å². The molecular formula is C16H17FO2. The van der Waals surface area contributed by atoms with Gasteiger partial charge in [0, 0.05) is 5.56 Å². The Labute approximate surface area is 112 Å². The first-order valence-corrected chi connectivity index (χ1v) is 6.27. The molecule has 3 heteroatoms. The minimum Gasteiger partial charge on any atom is -0.494 e. The van der Waals surface area contributed by atoms with Gasteiger partial charge in [0.05, 0.1) is 7.11 Å². The third-order valence-electron chi connectivity index (χ3n) is 2.99. The summed E-state index contributed by atoms with van der Waals surface area (Å²) in [7, 11) is 1.45. The lowest BCUT2D eigenvalue weighted by Crippen LogP contribution is -2.00. The summed E-state index contributed by atoms with van der Waals surface area (Å²) in [6.07, 6.45) is 0.991. The largest absolute Gasteiger partial charge is 0.494 e. The molecule has 0 aromatic heterocycles. The zero-order valence-corrected chi connectivity index (χ0v) is 11.2. The Morgan fingerprint density at radius 3 is 2.42 bits per heavy atom. The van der Waals surface area contributed by atoms with E-state index in [1.807, 2.05) is 24.3 Å². The molecule has 0 spiro atoms. The number of ether oxygens (including phenoxy) is 2. The second kappa shape index (κ2) is 6.23. The van der Waals surface area contributed by atoms with Crippen LogP contribution in [0.5, 0.6) is 11.5 Å². The quantitative estimate of drug-likeness (QED) is 0.809. The topological polar surface area (TPSA) is 18.5 Å². The van der Waals surface area contributed by atoms with E-state index in [-0.39, 0.29) is 18.2 Å². The highest BCUT2D eigenvalue weighted by Crippen LogP contribution is 2.21. The van der Waals surface area contributed by atoms with Crippen molar-refractivity contribution in [3.8, 4) is 11.5 Å². The molecule has 19 heavy (non-hydrogen) atoms. The Balaban J connectivity index is 2.05. The van der Waals surface area contributed by atoms with Crippen LogP contribution in [0.15, 0.2) is 42.5 Å². The normalized spacial score (nSPS) is 10.3. The van der Waals surface area contributed by atoms with Gasteiger partial charge in [0.15, 0.2) is 11.6 Å².